The lowest BCUT2D eigenvalue weighted by molar-refractivity contribution is 0.940. The Labute approximate surface area is 161 Å². The van der Waals surface area contributed by atoms with Crippen molar-refractivity contribution < 1.29 is 0 Å². The van der Waals surface area contributed by atoms with Crippen LogP contribution >= 0.6 is 0 Å². The minimum atomic E-state index is 1.15. The maximum absolute atomic E-state index is 2.34. The third kappa shape index (κ3) is 4.29. The van der Waals surface area contributed by atoms with Gasteiger partial charge in [-0.25, -0.2) is 0 Å². The van der Waals surface area contributed by atoms with Gasteiger partial charge < -0.3 is 0 Å². The van der Waals surface area contributed by atoms with Crippen LogP contribution in [-0.2, 0) is 0 Å². The van der Waals surface area contributed by atoms with E-state index in [0.29, 0.717) is 0 Å². The van der Waals surface area contributed by atoms with Crippen LogP contribution in [0.25, 0.3) is 11.1 Å². The van der Waals surface area contributed by atoms with Crippen LogP contribution in [0.15, 0.2) is 24.3 Å². The van der Waals surface area contributed by atoms with Crippen LogP contribution in [0.1, 0.15) is 84.0 Å². The lowest BCUT2D eigenvalue weighted by Crippen LogP contribution is -2.02. The largest absolute Gasteiger partial charge is 0.0651 e. The fraction of sp³-hybridized carbons (Fsp3) is 0.462. The molecule has 0 aromatic heterocycles. The highest BCUT2D eigenvalue weighted by Gasteiger charge is 2.18. The summed E-state index contributed by atoms with van der Waals surface area (Å²) in [6.45, 7) is 18.1. The second-order valence-corrected chi connectivity index (χ2v) is 8.00. The van der Waals surface area contributed by atoms with Gasteiger partial charge in [0.1, 0.15) is 0 Å². The van der Waals surface area contributed by atoms with Crippen LogP contribution in [0, 0.1) is 41.5 Å². The maximum atomic E-state index is 2.34. The van der Waals surface area contributed by atoms with Crippen molar-refractivity contribution in [1.82, 2.24) is 0 Å². The molecule has 0 nitrogen and oxygen atoms in total. The van der Waals surface area contributed by atoms with Crippen molar-refractivity contribution in [1.29, 1.82) is 0 Å². The third-order valence-corrected chi connectivity index (χ3v) is 5.32. The van der Waals surface area contributed by atoms with E-state index in [1.807, 2.05) is 0 Å². The molecule has 140 valence electrons. The molecule has 0 heteroatoms. The minimum Gasteiger partial charge on any atom is -0.0651 e. The monoisotopic (exact) mass is 348 g/mol. The topological polar surface area (TPSA) is 0 Å². The number of hydrogen-bond acceptors (Lipinski definition) is 0. The molecule has 0 radical (unpaired) electrons. The molecule has 0 fully saturated rings. The van der Waals surface area contributed by atoms with Gasteiger partial charge in [-0.2, -0.15) is 0 Å². The molecule has 0 saturated heterocycles. The molecule has 26 heavy (non-hydrogen) atoms. The van der Waals surface area contributed by atoms with Gasteiger partial charge in [0.25, 0.3) is 0 Å². The zero-order chi connectivity index (χ0) is 19.4. The average Bonchev–Trinajstić information content (AvgIpc) is 2.51. The van der Waals surface area contributed by atoms with Crippen molar-refractivity contribution in [2.24, 2.45) is 0 Å². The van der Waals surface area contributed by atoms with Gasteiger partial charge in [0.2, 0.25) is 0 Å². The quantitative estimate of drug-likeness (QED) is 0.463. The highest BCUT2D eigenvalue weighted by molar-refractivity contribution is 5.94. The van der Waals surface area contributed by atoms with Crippen molar-refractivity contribution >= 4 is 11.1 Å². The Hall–Kier alpha value is -1.82. The van der Waals surface area contributed by atoms with Crippen molar-refractivity contribution in [2.45, 2.75) is 81.1 Å². The maximum Gasteiger partial charge on any atom is -0.0163 e. The first-order valence-electron chi connectivity index (χ1n) is 10.2. The second kappa shape index (κ2) is 8.71. The fourth-order valence-corrected chi connectivity index (χ4v) is 4.67. The molecule has 2 rings (SSSR count). The van der Waals surface area contributed by atoms with Crippen molar-refractivity contribution in [3.8, 4) is 0 Å². The summed E-state index contributed by atoms with van der Waals surface area (Å²) in [5.74, 6) is 0. The van der Waals surface area contributed by atoms with E-state index in [9.17, 15) is 0 Å². The zero-order valence-electron chi connectivity index (χ0n) is 18.1. The number of rotatable bonds is 6. The summed E-state index contributed by atoms with van der Waals surface area (Å²) in [4.78, 5) is 0. The molecule has 0 amide bonds. The molecule has 0 atom stereocenters. The van der Waals surface area contributed by atoms with Gasteiger partial charge in [-0.15, -0.1) is 0 Å². The van der Waals surface area contributed by atoms with Gasteiger partial charge in [-0.05, 0) is 98.9 Å². The Morgan fingerprint density at radius 1 is 0.538 bits per heavy atom. The molecular formula is C26H36. The Morgan fingerprint density at radius 3 is 1.04 bits per heavy atom. The highest BCUT2D eigenvalue weighted by Crippen LogP contribution is 2.39. The normalized spacial score (nSPS) is 12.3. The van der Waals surface area contributed by atoms with E-state index in [4.69, 9.17) is 0 Å². The smallest absolute Gasteiger partial charge is 0.0163 e. The van der Waals surface area contributed by atoms with E-state index in [0.717, 1.165) is 12.8 Å². The summed E-state index contributed by atoms with van der Waals surface area (Å²) in [6, 6.07) is 9.37. The lowest BCUT2D eigenvalue weighted by atomic mass is 9.82. The van der Waals surface area contributed by atoms with Gasteiger partial charge in [-0.3, -0.25) is 0 Å². The van der Waals surface area contributed by atoms with E-state index < -0.39 is 0 Å². The first-order chi connectivity index (χ1) is 12.3. The van der Waals surface area contributed by atoms with Crippen LogP contribution in [0.5, 0.6) is 0 Å². The minimum absolute atomic E-state index is 1.15. The van der Waals surface area contributed by atoms with Crippen LogP contribution in [-0.4, -0.2) is 0 Å². The molecule has 0 heterocycles. The molecule has 0 aliphatic rings. The fourth-order valence-electron chi connectivity index (χ4n) is 4.67. The van der Waals surface area contributed by atoms with Crippen molar-refractivity contribution in [3.63, 3.8) is 0 Å². The molecule has 0 aliphatic heterocycles. The zero-order valence-corrected chi connectivity index (χ0v) is 18.1. The summed E-state index contributed by atoms with van der Waals surface area (Å²) in [7, 11) is 0. The number of hydrogen-bond donors (Lipinski definition) is 0. The SMILES string of the molecule is CCC/C(=C(\CCC)c1c(C)cc(C)cc1C)c1c(C)cc(C)cc1C. The van der Waals surface area contributed by atoms with Gasteiger partial charge in [0.15, 0.2) is 0 Å². The molecular weight excluding hydrogens is 312 g/mol. The molecule has 0 spiro atoms. The molecule has 0 unspecified atom stereocenters. The lowest BCUT2D eigenvalue weighted by Gasteiger charge is -2.23. The number of benzene rings is 2. The third-order valence-electron chi connectivity index (χ3n) is 5.32. The van der Waals surface area contributed by atoms with Crippen LogP contribution in [0.4, 0.5) is 0 Å². The van der Waals surface area contributed by atoms with Crippen LogP contribution in [0.3, 0.4) is 0 Å². The molecule has 0 bridgehead atoms. The van der Waals surface area contributed by atoms with Crippen molar-refractivity contribution in [2.75, 3.05) is 0 Å². The van der Waals surface area contributed by atoms with E-state index in [1.54, 1.807) is 11.1 Å². The molecule has 0 saturated carbocycles. The van der Waals surface area contributed by atoms with Gasteiger partial charge in [-0.1, -0.05) is 62.1 Å². The van der Waals surface area contributed by atoms with Gasteiger partial charge in [0, 0.05) is 0 Å². The summed E-state index contributed by atoms with van der Waals surface area (Å²) in [6.07, 6.45) is 4.65. The summed E-state index contributed by atoms with van der Waals surface area (Å²) in [5, 5.41) is 0. The standard InChI is InChI=1S/C26H36/c1-9-11-23(25-19(5)13-17(3)14-20(25)6)24(12-10-2)26-21(7)15-18(4)16-22(26)8/h13-16H,9-12H2,1-8H3/b24-23-. The van der Waals surface area contributed by atoms with Crippen LogP contribution in [0.2, 0.25) is 0 Å². The summed E-state index contributed by atoms with van der Waals surface area (Å²) >= 11 is 0. The van der Waals surface area contributed by atoms with E-state index in [1.165, 1.54) is 57.3 Å². The van der Waals surface area contributed by atoms with E-state index in [-0.39, 0.29) is 0 Å². The van der Waals surface area contributed by atoms with Crippen molar-refractivity contribution in [3.05, 3.63) is 68.8 Å². The van der Waals surface area contributed by atoms with Crippen LogP contribution < -0.4 is 0 Å². The Bertz CT molecular complexity index is 702. The van der Waals surface area contributed by atoms with E-state index in [2.05, 4.69) is 79.7 Å². The van der Waals surface area contributed by atoms with Gasteiger partial charge >= 0.3 is 0 Å². The highest BCUT2D eigenvalue weighted by atomic mass is 14.2. The summed E-state index contributed by atoms with van der Waals surface area (Å²) in [5.41, 5.74) is 14.5. The molecule has 2 aromatic carbocycles. The van der Waals surface area contributed by atoms with E-state index >= 15 is 0 Å². The predicted molar refractivity (Wildman–Crippen MR) is 118 cm³/mol. The Morgan fingerprint density at radius 2 is 0.808 bits per heavy atom. The molecule has 2 aromatic rings. The Balaban J connectivity index is 2.86. The molecule has 0 aliphatic carbocycles. The molecule has 0 N–H and O–H groups in total. The average molecular weight is 349 g/mol. The summed E-state index contributed by atoms with van der Waals surface area (Å²) < 4.78 is 0. The number of aryl methyl sites for hydroxylation is 6. The first kappa shape index (κ1) is 20.5. The number of allylic oxidation sites excluding steroid dienone is 2. The first-order valence-corrected chi connectivity index (χ1v) is 10.2. The second-order valence-electron chi connectivity index (χ2n) is 8.00. The Kier molecular flexibility index (Phi) is 6.87. The predicted octanol–water partition coefficient (Wildman–Crippen LogP) is 8.05. The van der Waals surface area contributed by atoms with Gasteiger partial charge in [0.05, 0.1) is 0 Å².